The van der Waals surface area contributed by atoms with Crippen LogP contribution >= 0.6 is 0 Å². The van der Waals surface area contributed by atoms with Crippen molar-refractivity contribution in [2.24, 2.45) is 11.8 Å². The number of carbonyl (C=O) groups is 2. The van der Waals surface area contributed by atoms with E-state index in [1.165, 1.54) is 45.1 Å². The van der Waals surface area contributed by atoms with Gasteiger partial charge in [-0.2, -0.15) is 5.26 Å². The molecular weight excluding hydrogens is 492 g/mol. The van der Waals surface area contributed by atoms with E-state index in [2.05, 4.69) is 39.2 Å². The number of aromatic hydroxyl groups is 1. The smallest absolute Gasteiger partial charge is 0.349 e. The van der Waals surface area contributed by atoms with Crippen molar-refractivity contribution in [3.05, 3.63) is 41.5 Å². The third-order valence-corrected chi connectivity index (χ3v) is 7.02. The Morgan fingerprint density at radius 2 is 1.69 bits per heavy atom. The maximum absolute atomic E-state index is 12.4. The van der Waals surface area contributed by atoms with Crippen molar-refractivity contribution in [3.63, 3.8) is 0 Å². The van der Waals surface area contributed by atoms with Gasteiger partial charge < -0.3 is 19.5 Å². The van der Waals surface area contributed by atoms with Crippen LogP contribution in [0.2, 0.25) is 0 Å². The molecule has 216 valence electrons. The molecule has 7 nitrogen and oxygen atoms in total. The summed E-state index contributed by atoms with van der Waals surface area (Å²) in [5, 5.41) is 20.3. The molecule has 0 aromatic heterocycles. The molecule has 1 N–H and O–H groups in total. The third-order valence-electron chi connectivity index (χ3n) is 7.02. The lowest BCUT2D eigenvalue weighted by molar-refractivity contribution is -0.147. The molecule has 1 rings (SSSR count). The van der Waals surface area contributed by atoms with E-state index in [0.29, 0.717) is 17.4 Å². The standard InChI is InChI=1S/C32H48N2O5/c1-7-11-13-26(10-4)23-34(17-16-25(9-3)12-8-2)29-15-14-27(30(35)21-29)20-28(22-33)32(37)39-19-18-38-31(36)24(5)6/h14-15,20-21,25-26,35H,5,7-13,16-19,23H2,1-4,6H3/b28-20+. The normalized spacial score (nSPS) is 12.8. The fraction of sp³-hybridized carbons (Fsp3) is 0.594. The van der Waals surface area contributed by atoms with Crippen LogP contribution in [0.15, 0.2) is 35.9 Å². The maximum atomic E-state index is 12.4. The summed E-state index contributed by atoms with van der Waals surface area (Å²) in [6.45, 7) is 15.5. The average Bonchev–Trinajstić information content (AvgIpc) is 2.93. The van der Waals surface area contributed by atoms with Crippen LogP contribution in [0.4, 0.5) is 5.69 Å². The molecule has 0 saturated heterocycles. The number of hydrogen-bond donors (Lipinski definition) is 1. The second kappa shape index (κ2) is 18.9. The number of unbranched alkanes of at least 4 members (excludes halogenated alkanes) is 1. The summed E-state index contributed by atoms with van der Waals surface area (Å²) in [4.78, 5) is 26.1. The predicted octanol–water partition coefficient (Wildman–Crippen LogP) is 7.20. The number of phenolic OH excluding ortho intramolecular Hbond substituents is 1. The zero-order chi connectivity index (χ0) is 29.2. The van der Waals surface area contributed by atoms with Gasteiger partial charge in [0, 0.05) is 36.0 Å². The Bertz CT molecular complexity index is 995. The summed E-state index contributed by atoms with van der Waals surface area (Å²) in [5.41, 5.74) is 1.29. The maximum Gasteiger partial charge on any atom is 0.349 e. The van der Waals surface area contributed by atoms with Gasteiger partial charge in [-0.25, -0.2) is 9.59 Å². The van der Waals surface area contributed by atoms with Crippen LogP contribution in [0.3, 0.4) is 0 Å². The first-order chi connectivity index (χ1) is 18.7. The van der Waals surface area contributed by atoms with Crippen LogP contribution in [-0.2, 0) is 19.1 Å². The van der Waals surface area contributed by atoms with Gasteiger partial charge >= 0.3 is 11.9 Å². The summed E-state index contributed by atoms with van der Waals surface area (Å²) < 4.78 is 9.94. The van der Waals surface area contributed by atoms with Crippen molar-refractivity contribution in [1.82, 2.24) is 0 Å². The number of rotatable bonds is 19. The molecule has 2 unspecified atom stereocenters. The fourth-order valence-corrected chi connectivity index (χ4v) is 4.47. The SMILES string of the molecule is C=C(C)C(=O)OCCOC(=O)/C(C#N)=C/c1ccc(N(CCC(CC)CCC)CC(CC)CCCC)cc1O. The quantitative estimate of drug-likeness (QED) is 0.0857. The molecular formula is C32H48N2O5. The Morgan fingerprint density at radius 1 is 1.03 bits per heavy atom. The molecule has 0 spiro atoms. The number of hydrogen-bond acceptors (Lipinski definition) is 7. The lowest BCUT2D eigenvalue weighted by Gasteiger charge is -2.31. The van der Waals surface area contributed by atoms with Crippen LogP contribution in [0.5, 0.6) is 5.75 Å². The molecule has 0 heterocycles. The Morgan fingerprint density at radius 3 is 2.23 bits per heavy atom. The lowest BCUT2D eigenvalue weighted by Crippen LogP contribution is -2.31. The highest BCUT2D eigenvalue weighted by Gasteiger charge is 2.18. The van der Waals surface area contributed by atoms with Gasteiger partial charge in [-0.1, -0.05) is 72.8 Å². The highest BCUT2D eigenvalue weighted by Crippen LogP contribution is 2.29. The number of carbonyl (C=O) groups excluding carboxylic acids is 2. The van der Waals surface area contributed by atoms with Crippen LogP contribution in [0.25, 0.3) is 6.08 Å². The summed E-state index contributed by atoms with van der Waals surface area (Å²) in [7, 11) is 0. The number of esters is 2. The monoisotopic (exact) mass is 540 g/mol. The van der Waals surface area contributed by atoms with Gasteiger partial charge in [-0.3, -0.25) is 0 Å². The fourth-order valence-electron chi connectivity index (χ4n) is 4.47. The Hall–Kier alpha value is -3.27. The molecule has 0 aliphatic carbocycles. The first-order valence-electron chi connectivity index (χ1n) is 14.4. The molecule has 2 atom stereocenters. The molecule has 39 heavy (non-hydrogen) atoms. The van der Waals surface area contributed by atoms with E-state index in [1.807, 2.05) is 12.1 Å². The first kappa shape index (κ1) is 33.8. The minimum Gasteiger partial charge on any atom is -0.507 e. The molecule has 0 bridgehead atoms. The van der Waals surface area contributed by atoms with Crippen LogP contribution < -0.4 is 4.90 Å². The number of nitrogens with zero attached hydrogens (tertiary/aromatic N) is 2. The minimum atomic E-state index is -0.850. The number of nitriles is 1. The first-order valence-corrected chi connectivity index (χ1v) is 14.4. The third kappa shape index (κ3) is 12.4. The second-order valence-corrected chi connectivity index (χ2v) is 10.2. The lowest BCUT2D eigenvalue weighted by atomic mass is 9.95. The van der Waals surface area contributed by atoms with Crippen LogP contribution in [0, 0.1) is 23.2 Å². The molecule has 0 aliphatic heterocycles. The molecule has 7 heteroatoms. The zero-order valence-corrected chi connectivity index (χ0v) is 24.6. The van der Waals surface area contributed by atoms with Crippen molar-refractivity contribution in [2.45, 2.75) is 86.0 Å². The van der Waals surface area contributed by atoms with Gasteiger partial charge in [0.1, 0.15) is 30.6 Å². The van der Waals surface area contributed by atoms with Crippen LogP contribution in [-0.4, -0.2) is 43.3 Å². The van der Waals surface area contributed by atoms with E-state index in [1.54, 1.807) is 12.1 Å². The summed E-state index contributed by atoms with van der Waals surface area (Å²) in [5.74, 6) is -0.176. The van der Waals surface area contributed by atoms with E-state index in [9.17, 15) is 20.0 Å². The number of ether oxygens (including phenoxy) is 2. The minimum absolute atomic E-state index is 0.00403. The van der Waals surface area contributed by atoms with Gasteiger partial charge in [-0.05, 0) is 49.8 Å². The molecule has 0 fully saturated rings. The molecule has 0 aliphatic rings. The predicted molar refractivity (Wildman–Crippen MR) is 157 cm³/mol. The van der Waals surface area contributed by atoms with Gasteiger partial charge in [0.25, 0.3) is 0 Å². The highest BCUT2D eigenvalue weighted by molar-refractivity contribution is 5.98. The Kier molecular flexibility index (Phi) is 16.4. The number of anilines is 1. The van der Waals surface area contributed by atoms with Crippen LogP contribution in [0.1, 0.15) is 91.5 Å². The number of benzene rings is 1. The van der Waals surface area contributed by atoms with E-state index < -0.39 is 11.9 Å². The molecule has 1 aromatic rings. The molecule has 1 aromatic carbocycles. The molecule has 0 saturated carbocycles. The van der Waals surface area contributed by atoms with E-state index >= 15 is 0 Å². The summed E-state index contributed by atoms with van der Waals surface area (Å²) in [6.07, 6.45) is 10.6. The van der Waals surface area contributed by atoms with Crippen molar-refractivity contribution < 1.29 is 24.2 Å². The highest BCUT2D eigenvalue weighted by atomic mass is 16.6. The van der Waals surface area contributed by atoms with Gasteiger partial charge in [0.2, 0.25) is 0 Å². The van der Waals surface area contributed by atoms with Crippen molar-refractivity contribution >= 4 is 23.7 Å². The van der Waals surface area contributed by atoms with Crippen molar-refractivity contribution in [3.8, 4) is 11.8 Å². The van der Waals surface area contributed by atoms with Gasteiger partial charge in [0.05, 0.1) is 0 Å². The van der Waals surface area contributed by atoms with E-state index in [0.717, 1.165) is 38.0 Å². The molecule has 0 radical (unpaired) electrons. The van der Waals surface area contributed by atoms with Gasteiger partial charge in [0.15, 0.2) is 0 Å². The number of phenols is 1. The van der Waals surface area contributed by atoms with Crippen molar-refractivity contribution in [2.75, 3.05) is 31.2 Å². The second-order valence-electron chi connectivity index (χ2n) is 10.2. The largest absolute Gasteiger partial charge is 0.507 e. The topological polar surface area (TPSA) is 99.9 Å². The average molecular weight is 541 g/mol. The molecule has 0 amide bonds. The Labute approximate surface area is 235 Å². The van der Waals surface area contributed by atoms with Crippen molar-refractivity contribution in [1.29, 1.82) is 5.26 Å². The summed E-state index contributed by atoms with van der Waals surface area (Å²) in [6, 6.07) is 7.22. The van der Waals surface area contributed by atoms with Gasteiger partial charge in [-0.15, -0.1) is 0 Å². The Balaban J connectivity index is 3.05. The summed E-state index contributed by atoms with van der Waals surface area (Å²) >= 11 is 0. The van der Waals surface area contributed by atoms with E-state index in [4.69, 9.17) is 9.47 Å². The zero-order valence-electron chi connectivity index (χ0n) is 24.6. The van der Waals surface area contributed by atoms with E-state index in [-0.39, 0.29) is 30.1 Å².